The van der Waals surface area contributed by atoms with E-state index >= 15 is 0 Å². The van der Waals surface area contributed by atoms with Crippen molar-refractivity contribution >= 4 is 22.0 Å². The Kier molecular flexibility index (Phi) is 2.41. The van der Waals surface area contributed by atoms with Crippen LogP contribution in [0.4, 0.5) is 9.18 Å². The molecule has 1 saturated heterocycles. The molecule has 1 heterocycles. The first kappa shape index (κ1) is 9.45. The molecule has 1 aliphatic heterocycles. The molecule has 0 saturated carbocycles. The van der Waals surface area contributed by atoms with Gasteiger partial charge in [-0.25, -0.2) is 9.18 Å². The molecule has 0 radical (unpaired) electrons. The van der Waals surface area contributed by atoms with Gasteiger partial charge in [0.05, 0.1) is 6.04 Å². The lowest BCUT2D eigenvalue weighted by molar-refractivity contribution is 0.247. The van der Waals surface area contributed by atoms with E-state index in [1.807, 2.05) is 0 Å². The van der Waals surface area contributed by atoms with Crippen molar-refractivity contribution in [3.05, 3.63) is 34.1 Å². The molecule has 5 heteroatoms. The lowest BCUT2D eigenvalue weighted by atomic mass is 10.1. The largest absolute Gasteiger partial charge is 0.336 e. The third-order valence-electron chi connectivity index (χ3n) is 2.06. The molecule has 2 rings (SSSR count). The summed E-state index contributed by atoms with van der Waals surface area (Å²) in [5.74, 6) is -0.310. The molecule has 0 aliphatic carbocycles. The Hall–Kier alpha value is -1.10. The van der Waals surface area contributed by atoms with Crippen molar-refractivity contribution in [3.63, 3.8) is 0 Å². The van der Waals surface area contributed by atoms with Crippen LogP contribution >= 0.6 is 15.9 Å². The van der Waals surface area contributed by atoms with Gasteiger partial charge in [0.25, 0.3) is 0 Å². The van der Waals surface area contributed by atoms with Crippen LogP contribution in [-0.2, 0) is 0 Å². The molecule has 1 fully saturated rings. The molecule has 2 N–H and O–H groups in total. The molecule has 1 aromatic rings. The Labute approximate surface area is 88.8 Å². The Morgan fingerprint density at radius 3 is 2.79 bits per heavy atom. The second-order valence-corrected chi connectivity index (χ2v) is 4.03. The minimum Gasteiger partial charge on any atom is -0.336 e. The van der Waals surface area contributed by atoms with E-state index in [1.165, 1.54) is 12.1 Å². The van der Waals surface area contributed by atoms with Gasteiger partial charge in [-0.15, -0.1) is 0 Å². The van der Waals surface area contributed by atoms with Crippen LogP contribution in [-0.4, -0.2) is 12.6 Å². The predicted molar refractivity (Wildman–Crippen MR) is 53.4 cm³/mol. The maximum Gasteiger partial charge on any atom is 0.315 e. The smallest absolute Gasteiger partial charge is 0.315 e. The fraction of sp³-hybridized carbons (Fsp3) is 0.222. The van der Waals surface area contributed by atoms with Gasteiger partial charge >= 0.3 is 6.03 Å². The number of hydrogen-bond acceptors (Lipinski definition) is 1. The Bertz CT molecular complexity index is 363. The van der Waals surface area contributed by atoms with E-state index in [9.17, 15) is 9.18 Å². The second-order valence-electron chi connectivity index (χ2n) is 3.11. The van der Waals surface area contributed by atoms with E-state index < -0.39 is 0 Å². The van der Waals surface area contributed by atoms with Crippen LogP contribution in [0.15, 0.2) is 22.7 Å². The molecule has 0 spiro atoms. The lowest BCUT2D eigenvalue weighted by Gasteiger charge is -2.09. The Morgan fingerprint density at radius 1 is 1.43 bits per heavy atom. The standard InChI is InChI=1S/C9H8BrFN2O/c10-6-1-5(2-7(11)3-6)8-4-12-9(14)13-8/h1-3,8H,4H2,(H2,12,13,14)/t8-/m1/s1. The van der Waals surface area contributed by atoms with E-state index in [2.05, 4.69) is 26.6 Å². The van der Waals surface area contributed by atoms with Crippen LogP contribution in [0.5, 0.6) is 0 Å². The van der Waals surface area contributed by atoms with E-state index in [-0.39, 0.29) is 17.9 Å². The number of halogens is 2. The number of rotatable bonds is 1. The number of hydrogen-bond donors (Lipinski definition) is 2. The summed E-state index contributed by atoms with van der Waals surface area (Å²) < 4.78 is 13.7. The number of nitrogens with one attached hydrogen (secondary N) is 2. The molecule has 1 aromatic carbocycles. The van der Waals surface area contributed by atoms with Gasteiger partial charge in [0.15, 0.2) is 0 Å². The average molecular weight is 259 g/mol. The number of carbonyl (C=O) groups is 1. The van der Waals surface area contributed by atoms with E-state index in [4.69, 9.17) is 0 Å². The monoisotopic (exact) mass is 258 g/mol. The molecule has 74 valence electrons. The minimum atomic E-state index is -0.310. The van der Waals surface area contributed by atoms with Crippen molar-refractivity contribution in [2.24, 2.45) is 0 Å². The van der Waals surface area contributed by atoms with Crippen LogP contribution in [0.3, 0.4) is 0 Å². The first-order valence-corrected chi connectivity index (χ1v) is 4.95. The van der Waals surface area contributed by atoms with Crippen LogP contribution in [0, 0.1) is 5.82 Å². The van der Waals surface area contributed by atoms with Crippen LogP contribution < -0.4 is 10.6 Å². The van der Waals surface area contributed by atoms with Crippen molar-refractivity contribution in [2.45, 2.75) is 6.04 Å². The molecule has 1 atom stereocenters. The Morgan fingerprint density at radius 2 is 2.21 bits per heavy atom. The van der Waals surface area contributed by atoms with Crippen molar-refractivity contribution in [1.29, 1.82) is 0 Å². The molecule has 0 aromatic heterocycles. The highest BCUT2D eigenvalue weighted by atomic mass is 79.9. The van der Waals surface area contributed by atoms with E-state index in [0.717, 1.165) is 5.56 Å². The van der Waals surface area contributed by atoms with E-state index in [0.29, 0.717) is 11.0 Å². The van der Waals surface area contributed by atoms with Gasteiger partial charge in [0.2, 0.25) is 0 Å². The maximum atomic E-state index is 13.0. The topological polar surface area (TPSA) is 41.1 Å². The first-order valence-electron chi connectivity index (χ1n) is 4.15. The summed E-state index contributed by atoms with van der Waals surface area (Å²) in [7, 11) is 0. The SMILES string of the molecule is O=C1NC[C@H](c2cc(F)cc(Br)c2)N1. The number of benzene rings is 1. The molecule has 0 bridgehead atoms. The highest BCUT2D eigenvalue weighted by Gasteiger charge is 2.21. The number of amides is 2. The zero-order valence-corrected chi connectivity index (χ0v) is 8.77. The van der Waals surface area contributed by atoms with Gasteiger partial charge in [-0.1, -0.05) is 15.9 Å². The fourth-order valence-electron chi connectivity index (χ4n) is 1.43. The molecule has 14 heavy (non-hydrogen) atoms. The van der Waals surface area contributed by atoms with Gasteiger partial charge in [0, 0.05) is 11.0 Å². The van der Waals surface area contributed by atoms with Crippen molar-refractivity contribution in [2.75, 3.05) is 6.54 Å². The summed E-state index contributed by atoms with van der Waals surface area (Å²) in [4.78, 5) is 10.9. The predicted octanol–water partition coefficient (Wildman–Crippen LogP) is 1.94. The summed E-state index contributed by atoms with van der Waals surface area (Å²) in [6.45, 7) is 0.495. The zero-order chi connectivity index (χ0) is 10.1. The summed E-state index contributed by atoms with van der Waals surface area (Å²) in [6.07, 6.45) is 0. The highest BCUT2D eigenvalue weighted by molar-refractivity contribution is 9.10. The van der Waals surface area contributed by atoms with Crippen LogP contribution in [0.25, 0.3) is 0 Å². The molecule has 0 unspecified atom stereocenters. The molecule has 3 nitrogen and oxygen atoms in total. The fourth-order valence-corrected chi connectivity index (χ4v) is 1.92. The third-order valence-corrected chi connectivity index (χ3v) is 2.52. The summed E-state index contributed by atoms with van der Waals surface area (Å²) >= 11 is 3.20. The minimum absolute atomic E-state index is 0.144. The molecule has 1 aliphatic rings. The summed E-state index contributed by atoms with van der Waals surface area (Å²) in [6, 6.07) is 4.24. The van der Waals surface area contributed by atoms with Crippen molar-refractivity contribution in [3.8, 4) is 0 Å². The summed E-state index contributed by atoms with van der Waals surface area (Å²) in [5, 5.41) is 5.31. The second kappa shape index (κ2) is 3.57. The van der Waals surface area contributed by atoms with Gasteiger partial charge in [-0.2, -0.15) is 0 Å². The van der Waals surface area contributed by atoms with Crippen molar-refractivity contribution in [1.82, 2.24) is 10.6 Å². The quantitative estimate of drug-likeness (QED) is 0.795. The molecule has 2 amide bonds. The highest BCUT2D eigenvalue weighted by Crippen LogP contribution is 2.21. The first-order chi connectivity index (χ1) is 6.65. The van der Waals surface area contributed by atoms with Crippen molar-refractivity contribution < 1.29 is 9.18 Å². The number of carbonyl (C=O) groups excluding carboxylic acids is 1. The van der Waals surface area contributed by atoms with Gasteiger partial charge in [-0.3, -0.25) is 0 Å². The molecular weight excluding hydrogens is 251 g/mol. The van der Waals surface area contributed by atoms with Crippen LogP contribution in [0.1, 0.15) is 11.6 Å². The van der Waals surface area contributed by atoms with Gasteiger partial charge in [0.1, 0.15) is 5.82 Å². The van der Waals surface area contributed by atoms with Gasteiger partial charge < -0.3 is 10.6 Å². The Balaban J connectivity index is 2.27. The normalized spacial score (nSPS) is 20.4. The van der Waals surface area contributed by atoms with Gasteiger partial charge in [-0.05, 0) is 23.8 Å². The zero-order valence-electron chi connectivity index (χ0n) is 7.18. The lowest BCUT2D eigenvalue weighted by Crippen LogP contribution is -2.21. The molecular formula is C9H8BrFN2O. The van der Waals surface area contributed by atoms with E-state index in [1.54, 1.807) is 6.07 Å². The van der Waals surface area contributed by atoms with Crippen LogP contribution in [0.2, 0.25) is 0 Å². The third kappa shape index (κ3) is 1.87. The number of urea groups is 1. The maximum absolute atomic E-state index is 13.0. The summed E-state index contributed by atoms with van der Waals surface area (Å²) in [5.41, 5.74) is 0.759. The average Bonchev–Trinajstić information content (AvgIpc) is 2.50.